The smallest absolute Gasteiger partial charge is 0.337 e. The Kier molecular flexibility index (Phi) is 3.33. The van der Waals surface area contributed by atoms with Crippen LogP contribution in [-0.2, 0) is 9.53 Å². The fourth-order valence-electron chi connectivity index (χ4n) is 1.82. The highest BCUT2D eigenvalue weighted by Gasteiger charge is 2.29. The van der Waals surface area contributed by atoms with Gasteiger partial charge in [-0.05, 0) is 19.8 Å². The van der Waals surface area contributed by atoms with Crippen LogP contribution >= 0.6 is 0 Å². The number of rotatable bonds is 2. The largest absolute Gasteiger partial charge is 0.512 e. The number of hydrogen-bond donors (Lipinski definition) is 1. The van der Waals surface area contributed by atoms with Gasteiger partial charge in [-0.1, -0.05) is 12.2 Å². The number of aliphatic hydroxyl groups excluding tert-OH is 1. The third kappa shape index (κ3) is 1.97. The van der Waals surface area contributed by atoms with Crippen LogP contribution < -0.4 is 0 Å². The number of carbonyl (C=O) groups excluding carboxylic acids is 1. The second-order valence-electron chi connectivity index (χ2n) is 3.64. The Morgan fingerprint density at radius 2 is 2.29 bits per heavy atom. The van der Waals surface area contributed by atoms with Crippen LogP contribution in [0.3, 0.4) is 0 Å². The predicted molar refractivity (Wildman–Crippen MR) is 53.8 cm³/mol. The molecule has 0 aliphatic heterocycles. The third-order valence-electron chi connectivity index (χ3n) is 2.57. The fraction of sp³-hybridized carbons (Fsp3) is 0.545. The van der Waals surface area contributed by atoms with E-state index in [1.807, 2.05) is 6.92 Å². The monoisotopic (exact) mass is 196 g/mol. The summed E-state index contributed by atoms with van der Waals surface area (Å²) in [5.41, 5.74) is 1.29. The molecule has 0 saturated carbocycles. The van der Waals surface area contributed by atoms with Crippen LogP contribution in [0.25, 0.3) is 0 Å². The zero-order valence-electron chi connectivity index (χ0n) is 8.67. The number of carbonyl (C=O) groups is 1. The van der Waals surface area contributed by atoms with E-state index in [-0.39, 0.29) is 11.7 Å². The second kappa shape index (κ2) is 4.31. The summed E-state index contributed by atoms with van der Waals surface area (Å²) in [5, 5.41) is 9.63. The van der Waals surface area contributed by atoms with Crippen LogP contribution in [0.5, 0.6) is 0 Å². The van der Waals surface area contributed by atoms with Crippen molar-refractivity contribution in [2.45, 2.75) is 26.2 Å². The highest BCUT2D eigenvalue weighted by atomic mass is 16.5. The van der Waals surface area contributed by atoms with Crippen LogP contribution in [0.2, 0.25) is 0 Å². The van der Waals surface area contributed by atoms with Crippen LogP contribution in [0.4, 0.5) is 0 Å². The Labute approximate surface area is 84.1 Å². The lowest BCUT2D eigenvalue weighted by molar-refractivity contribution is -0.137. The summed E-state index contributed by atoms with van der Waals surface area (Å²) in [7, 11) is 1.33. The average molecular weight is 196 g/mol. The van der Waals surface area contributed by atoms with Gasteiger partial charge >= 0.3 is 5.97 Å². The van der Waals surface area contributed by atoms with Crippen molar-refractivity contribution in [1.82, 2.24) is 0 Å². The molecule has 0 spiro atoms. The summed E-state index contributed by atoms with van der Waals surface area (Å²) < 4.78 is 4.64. The first kappa shape index (κ1) is 10.8. The van der Waals surface area contributed by atoms with E-state index in [9.17, 15) is 9.90 Å². The van der Waals surface area contributed by atoms with Crippen molar-refractivity contribution < 1.29 is 14.6 Å². The van der Waals surface area contributed by atoms with E-state index in [0.717, 1.165) is 18.4 Å². The van der Waals surface area contributed by atoms with Gasteiger partial charge in [-0.15, -0.1) is 0 Å². The quantitative estimate of drug-likeness (QED) is 0.544. The Morgan fingerprint density at radius 1 is 1.64 bits per heavy atom. The van der Waals surface area contributed by atoms with Crippen molar-refractivity contribution in [1.29, 1.82) is 0 Å². The third-order valence-corrected chi connectivity index (χ3v) is 2.57. The van der Waals surface area contributed by atoms with E-state index in [2.05, 4.69) is 11.3 Å². The standard InChI is InChI=1S/C11H16O3/c1-7(2)8-5-4-6-9(12)10(8)11(13)14-3/h8,12H,1,4-6H2,2-3H3/t8-/m1/s1. The van der Waals surface area contributed by atoms with E-state index in [4.69, 9.17) is 0 Å². The first-order valence-corrected chi connectivity index (χ1v) is 4.73. The summed E-state index contributed by atoms with van der Waals surface area (Å²) in [6, 6.07) is 0. The van der Waals surface area contributed by atoms with Gasteiger partial charge in [0.15, 0.2) is 0 Å². The lowest BCUT2D eigenvalue weighted by atomic mass is 9.82. The molecule has 3 heteroatoms. The molecule has 14 heavy (non-hydrogen) atoms. The molecule has 0 radical (unpaired) electrons. The summed E-state index contributed by atoms with van der Waals surface area (Å²) in [5.74, 6) is -0.317. The maximum absolute atomic E-state index is 11.4. The molecule has 3 nitrogen and oxygen atoms in total. The predicted octanol–water partition coefficient (Wildman–Crippen LogP) is 2.35. The molecule has 0 bridgehead atoms. The molecular formula is C11H16O3. The molecule has 0 unspecified atom stereocenters. The number of allylic oxidation sites excluding steroid dienone is 2. The maximum Gasteiger partial charge on any atom is 0.337 e. The van der Waals surface area contributed by atoms with Gasteiger partial charge in [0.25, 0.3) is 0 Å². The van der Waals surface area contributed by atoms with Crippen LogP contribution in [-0.4, -0.2) is 18.2 Å². The molecule has 1 aliphatic rings. The van der Waals surface area contributed by atoms with Crippen molar-refractivity contribution in [3.05, 3.63) is 23.5 Å². The van der Waals surface area contributed by atoms with Gasteiger partial charge in [0.2, 0.25) is 0 Å². The number of aliphatic hydroxyl groups is 1. The van der Waals surface area contributed by atoms with E-state index in [1.54, 1.807) is 0 Å². The Hall–Kier alpha value is -1.25. The first-order valence-electron chi connectivity index (χ1n) is 4.73. The Morgan fingerprint density at radius 3 is 2.79 bits per heavy atom. The molecule has 78 valence electrons. The normalized spacial score (nSPS) is 22.0. The van der Waals surface area contributed by atoms with E-state index in [0.29, 0.717) is 12.0 Å². The minimum atomic E-state index is -0.435. The minimum Gasteiger partial charge on any atom is -0.512 e. The van der Waals surface area contributed by atoms with Crippen molar-refractivity contribution >= 4 is 5.97 Å². The van der Waals surface area contributed by atoms with Gasteiger partial charge in [-0.25, -0.2) is 4.79 Å². The summed E-state index contributed by atoms with van der Waals surface area (Å²) in [6.45, 7) is 5.69. The molecule has 0 aromatic carbocycles. The molecule has 1 atom stereocenters. The molecule has 0 amide bonds. The van der Waals surface area contributed by atoms with Crippen molar-refractivity contribution in [2.24, 2.45) is 5.92 Å². The second-order valence-corrected chi connectivity index (χ2v) is 3.64. The van der Waals surface area contributed by atoms with Gasteiger partial charge in [0.05, 0.1) is 12.7 Å². The topological polar surface area (TPSA) is 46.5 Å². The van der Waals surface area contributed by atoms with Gasteiger partial charge in [0.1, 0.15) is 5.76 Å². The molecule has 1 rings (SSSR count). The summed E-state index contributed by atoms with van der Waals surface area (Å²) in [6.07, 6.45) is 2.32. The van der Waals surface area contributed by atoms with Crippen LogP contribution in [0.1, 0.15) is 26.2 Å². The van der Waals surface area contributed by atoms with Gasteiger partial charge < -0.3 is 9.84 Å². The number of ether oxygens (including phenoxy) is 1. The highest BCUT2D eigenvalue weighted by Crippen LogP contribution is 2.33. The van der Waals surface area contributed by atoms with Crippen LogP contribution in [0.15, 0.2) is 23.5 Å². The highest BCUT2D eigenvalue weighted by molar-refractivity contribution is 5.90. The maximum atomic E-state index is 11.4. The van der Waals surface area contributed by atoms with Crippen molar-refractivity contribution in [3.8, 4) is 0 Å². The first-order chi connectivity index (χ1) is 6.57. The summed E-state index contributed by atoms with van der Waals surface area (Å²) >= 11 is 0. The van der Waals surface area contributed by atoms with E-state index >= 15 is 0 Å². The fourth-order valence-corrected chi connectivity index (χ4v) is 1.82. The van der Waals surface area contributed by atoms with Crippen LogP contribution in [0, 0.1) is 5.92 Å². The molecule has 0 aromatic rings. The molecular weight excluding hydrogens is 180 g/mol. The molecule has 1 N–H and O–H groups in total. The lowest BCUT2D eigenvalue weighted by Crippen LogP contribution is -2.21. The number of esters is 1. The summed E-state index contributed by atoms with van der Waals surface area (Å²) in [4.78, 5) is 11.4. The Bertz CT molecular complexity index is 289. The van der Waals surface area contributed by atoms with Gasteiger partial charge in [-0.2, -0.15) is 0 Å². The Balaban J connectivity index is 3.02. The zero-order valence-corrected chi connectivity index (χ0v) is 8.67. The molecule has 0 heterocycles. The lowest BCUT2D eigenvalue weighted by Gasteiger charge is -2.24. The van der Waals surface area contributed by atoms with Gasteiger partial charge in [-0.3, -0.25) is 0 Å². The van der Waals surface area contributed by atoms with E-state index < -0.39 is 5.97 Å². The molecule has 0 fully saturated rings. The van der Waals surface area contributed by atoms with Crippen molar-refractivity contribution in [2.75, 3.05) is 7.11 Å². The van der Waals surface area contributed by atoms with Crippen molar-refractivity contribution in [3.63, 3.8) is 0 Å². The minimum absolute atomic E-state index is 0.0452. The molecule has 0 saturated heterocycles. The zero-order chi connectivity index (χ0) is 10.7. The number of hydrogen-bond acceptors (Lipinski definition) is 3. The SMILES string of the molecule is C=C(C)[C@H]1CCCC(O)=C1C(=O)OC. The number of methoxy groups -OCH3 is 1. The molecule has 1 aliphatic carbocycles. The van der Waals surface area contributed by atoms with Gasteiger partial charge in [0, 0.05) is 12.3 Å². The average Bonchev–Trinajstić information content (AvgIpc) is 2.16. The van der Waals surface area contributed by atoms with E-state index in [1.165, 1.54) is 7.11 Å². The molecule has 0 aromatic heterocycles.